The quantitative estimate of drug-likeness (QED) is 0.620. The zero-order valence-corrected chi connectivity index (χ0v) is 8.98. The summed E-state index contributed by atoms with van der Waals surface area (Å²) in [5.41, 5.74) is 0.782. The Bertz CT molecular complexity index is 425. The first-order chi connectivity index (χ1) is 7.09. The summed E-state index contributed by atoms with van der Waals surface area (Å²) in [5, 5.41) is 9.03. The van der Waals surface area contributed by atoms with Crippen LogP contribution < -0.4 is 0 Å². The second-order valence-electron chi connectivity index (χ2n) is 3.59. The number of carbonyl (C=O) groups is 1. The van der Waals surface area contributed by atoms with Crippen molar-refractivity contribution in [1.82, 2.24) is 9.55 Å². The first kappa shape index (κ1) is 10.2. The summed E-state index contributed by atoms with van der Waals surface area (Å²) in [6, 6.07) is 0.0137. The third kappa shape index (κ3) is 1.77. The number of rotatable bonds is 2. The molecule has 2 atom stereocenters. The predicted molar refractivity (Wildman–Crippen MR) is 56.4 cm³/mol. The van der Waals surface area contributed by atoms with Crippen LogP contribution in [-0.2, 0) is 0 Å². The maximum atomic E-state index is 11.0. The molecule has 0 fully saturated rings. The number of alkyl halides is 1. The van der Waals surface area contributed by atoms with Crippen LogP contribution in [0.15, 0.2) is 18.5 Å². The van der Waals surface area contributed by atoms with Crippen molar-refractivity contribution in [2.45, 2.75) is 24.8 Å². The minimum absolute atomic E-state index is 0.0137. The zero-order valence-electron chi connectivity index (χ0n) is 8.22. The average molecular weight is 227 g/mol. The van der Waals surface area contributed by atoms with Gasteiger partial charge in [-0.3, -0.25) is 0 Å². The predicted octanol–water partition coefficient (Wildman–Crippen LogP) is 2.00. The Kier molecular flexibility index (Phi) is 2.52. The molecule has 0 bridgehead atoms. The molecule has 1 heterocycles. The lowest BCUT2D eigenvalue weighted by Crippen LogP contribution is -2.13. The minimum Gasteiger partial charge on any atom is -0.477 e. The number of aryl methyl sites for hydroxylation is 1. The fraction of sp³-hybridized carbons (Fsp3) is 0.400. The average Bonchev–Trinajstić information content (AvgIpc) is 2.71. The molecule has 0 radical (unpaired) electrons. The molecule has 1 aromatic heterocycles. The molecule has 15 heavy (non-hydrogen) atoms. The van der Waals surface area contributed by atoms with E-state index < -0.39 is 5.97 Å². The molecular formula is C10H11ClN2O2. The fourth-order valence-corrected chi connectivity index (χ4v) is 2.08. The summed E-state index contributed by atoms with van der Waals surface area (Å²) in [7, 11) is 0. The van der Waals surface area contributed by atoms with Crippen LogP contribution in [0.2, 0.25) is 0 Å². The van der Waals surface area contributed by atoms with E-state index in [1.165, 1.54) is 0 Å². The Hall–Kier alpha value is -1.29. The highest BCUT2D eigenvalue weighted by Gasteiger charge is 2.24. The van der Waals surface area contributed by atoms with Crippen molar-refractivity contribution in [1.29, 1.82) is 0 Å². The highest BCUT2D eigenvalue weighted by molar-refractivity contribution is 6.22. The van der Waals surface area contributed by atoms with E-state index in [4.69, 9.17) is 16.7 Å². The molecule has 5 heteroatoms. The maximum absolute atomic E-state index is 11.0. The molecular weight excluding hydrogens is 216 g/mol. The molecule has 4 nitrogen and oxygen atoms in total. The summed E-state index contributed by atoms with van der Waals surface area (Å²) in [6.07, 6.45) is 6.08. The molecule has 0 saturated heterocycles. The number of halogens is 1. The summed E-state index contributed by atoms with van der Waals surface area (Å²) < 4.78 is 1.66. The number of imidazole rings is 1. The molecule has 80 valence electrons. The van der Waals surface area contributed by atoms with E-state index in [0.29, 0.717) is 5.69 Å². The first-order valence-corrected chi connectivity index (χ1v) is 5.12. The van der Waals surface area contributed by atoms with Gasteiger partial charge < -0.3 is 9.67 Å². The number of nitrogens with zero attached hydrogens (tertiary/aromatic N) is 2. The van der Waals surface area contributed by atoms with Crippen molar-refractivity contribution in [3.63, 3.8) is 0 Å². The van der Waals surface area contributed by atoms with Gasteiger partial charge in [-0.25, -0.2) is 9.78 Å². The summed E-state index contributed by atoms with van der Waals surface area (Å²) >= 11 is 5.93. The van der Waals surface area contributed by atoms with E-state index in [-0.39, 0.29) is 17.1 Å². The fourth-order valence-electron chi connectivity index (χ4n) is 1.81. The van der Waals surface area contributed by atoms with Crippen molar-refractivity contribution in [3.05, 3.63) is 29.9 Å². The van der Waals surface area contributed by atoms with Gasteiger partial charge in [-0.1, -0.05) is 12.2 Å². The van der Waals surface area contributed by atoms with E-state index in [9.17, 15) is 4.79 Å². The molecule has 1 aliphatic carbocycles. The molecule has 1 aliphatic rings. The van der Waals surface area contributed by atoms with Gasteiger partial charge in [0.2, 0.25) is 0 Å². The number of aromatic nitrogens is 2. The lowest BCUT2D eigenvalue weighted by atomic mass is 10.2. The zero-order chi connectivity index (χ0) is 11.0. The number of carboxylic acids is 1. The van der Waals surface area contributed by atoms with Crippen molar-refractivity contribution in [2.24, 2.45) is 0 Å². The third-order valence-electron chi connectivity index (χ3n) is 2.55. The largest absolute Gasteiger partial charge is 0.477 e. The smallest absolute Gasteiger partial charge is 0.354 e. The van der Waals surface area contributed by atoms with Gasteiger partial charge in [-0.05, 0) is 13.3 Å². The molecule has 2 rings (SSSR count). The Morgan fingerprint density at radius 2 is 2.40 bits per heavy atom. The number of hydrogen-bond acceptors (Lipinski definition) is 2. The van der Waals surface area contributed by atoms with Crippen LogP contribution in [-0.4, -0.2) is 26.0 Å². The van der Waals surface area contributed by atoms with Gasteiger partial charge >= 0.3 is 5.97 Å². The van der Waals surface area contributed by atoms with Crippen molar-refractivity contribution in [3.8, 4) is 0 Å². The molecule has 0 saturated carbocycles. The Labute approximate surface area is 92.2 Å². The van der Waals surface area contributed by atoms with Crippen molar-refractivity contribution >= 4 is 17.6 Å². The molecule has 0 aromatic carbocycles. The summed E-state index contributed by atoms with van der Waals surface area (Å²) in [6.45, 7) is 1.69. The highest BCUT2D eigenvalue weighted by atomic mass is 35.5. The second kappa shape index (κ2) is 3.70. The van der Waals surface area contributed by atoms with Crippen LogP contribution >= 0.6 is 11.6 Å². The SMILES string of the molecule is Cc1ncn(C2C=CC(Cl)C2)c1C(=O)O. The maximum Gasteiger partial charge on any atom is 0.354 e. The molecule has 0 amide bonds. The van der Waals surface area contributed by atoms with Gasteiger partial charge in [0.05, 0.1) is 23.4 Å². The van der Waals surface area contributed by atoms with E-state index in [1.807, 2.05) is 12.2 Å². The van der Waals surface area contributed by atoms with Crippen molar-refractivity contribution < 1.29 is 9.90 Å². The highest BCUT2D eigenvalue weighted by Crippen LogP contribution is 2.28. The Morgan fingerprint density at radius 1 is 1.67 bits per heavy atom. The molecule has 0 spiro atoms. The van der Waals surface area contributed by atoms with Crippen molar-refractivity contribution in [2.75, 3.05) is 0 Å². The lowest BCUT2D eigenvalue weighted by molar-refractivity contribution is 0.0683. The van der Waals surface area contributed by atoms with E-state index in [2.05, 4.69) is 4.98 Å². The Morgan fingerprint density at radius 3 is 2.93 bits per heavy atom. The lowest BCUT2D eigenvalue weighted by Gasteiger charge is -2.12. The van der Waals surface area contributed by atoms with Gasteiger partial charge in [0.25, 0.3) is 0 Å². The van der Waals surface area contributed by atoms with E-state index >= 15 is 0 Å². The summed E-state index contributed by atoms with van der Waals surface area (Å²) in [5.74, 6) is -0.948. The molecule has 2 unspecified atom stereocenters. The number of carboxylic acid groups (broad SMARTS) is 1. The van der Waals surface area contributed by atoms with Crippen LogP contribution in [0.3, 0.4) is 0 Å². The monoisotopic (exact) mass is 226 g/mol. The summed E-state index contributed by atoms with van der Waals surface area (Å²) in [4.78, 5) is 15.0. The number of allylic oxidation sites excluding steroid dienone is 2. The molecule has 0 aliphatic heterocycles. The second-order valence-corrected chi connectivity index (χ2v) is 4.16. The van der Waals surface area contributed by atoms with E-state index in [0.717, 1.165) is 6.42 Å². The first-order valence-electron chi connectivity index (χ1n) is 4.68. The van der Waals surface area contributed by atoms with Crippen LogP contribution in [0.4, 0.5) is 0 Å². The van der Waals surface area contributed by atoms with Crippen LogP contribution in [0.5, 0.6) is 0 Å². The van der Waals surface area contributed by atoms with Crippen LogP contribution in [0.25, 0.3) is 0 Å². The van der Waals surface area contributed by atoms with Gasteiger partial charge in [0, 0.05) is 0 Å². The van der Waals surface area contributed by atoms with Crippen LogP contribution in [0, 0.1) is 6.92 Å². The number of aromatic carboxylic acids is 1. The van der Waals surface area contributed by atoms with Gasteiger partial charge in [0.1, 0.15) is 0 Å². The van der Waals surface area contributed by atoms with Gasteiger partial charge in [-0.15, -0.1) is 11.6 Å². The van der Waals surface area contributed by atoms with Gasteiger partial charge in [-0.2, -0.15) is 0 Å². The van der Waals surface area contributed by atoms with E-state index in [1.54, 1.807) is 17.8 Å². The molecule has 1 N–H and O–H groups in total. The standard InChI is InChI=1S/C10H11ClN2O2/c1-6-9(10(14)15)13(5-12-6)8-3-2-7(11)4-8/h2-3,5,7-8H,4H2,1H3,(H,14,15). The molecule has 1 aromatic rings. The normalized spacial score (nSPS) is 24.7. The number of hydrogen-bond donors (Lipinski definition) is 1. The Balaban J connectivity index is 2.37. The van der Waals surface area contributed by atoms with Crippen LogP contribution in [0.1, 0.15) is 28.6 Å². The minimum atomic E-state index is -0.948. The third-order valence-corrected chi connectivity index (χ3v) is 2.87. The van der Waals surface area contributed by atoms with Gasteiger partial charge in [0.15, 0.2) is 5.69 Å². The topological polar surface area (TPSA) is 55.1 Å².